The molecule has 0 rings (SSSR count). The topological polar surface area (TPSA) is 127 Å². The summed E-state index contributed by atoms with van der Waals surface area (Å²) >= 11 is 0. The van der Waals surface area contributed by atoms with Gasteiger partial charge in [-0.05, 0) is 6.92 Å². The lowest BCUT2D eigenvalue weighted by atomic mass is 10.2. The Bertz CT molecular complexity index is 473. The Kier molecular flexibility index (Phi) is 33.0. The maximum atomic E-state index is 10.7. The molecule has 7 nitrogen and oxygen atoms in total. The second kappa shape index (κ2) is 27.4. The van der Waals surface area contributed by atoms with E-state index in [1.54, 1.807) is 20.8 Å². The van der Waals surface area contributed by atoms with E-state index in [1.807, 2.05) is 0 Å². The quantitative estimate of drug-likeness (QED) is 0.344. The average molecular weight is 368 g/mol. The zero-order valence-corrected chi connectivity index (χ0v) is 16.3. The van der Waals surface area contributed by atoms with Crippen LogP contribution in [0.5, 0.6) is 0 Å². The van der Waals surface area contributed by atoms with Gasteiger partial charge in [-0.1, -0.05) is 13.8 Å². The van der Waals surface area contributed by atoms with Gasteiger partial charge in [-0.2, -0.15) is 0 Å². The lowest BCUT2D eigenvalue weighted by Crippen LogP contribution is -2.30. The predicted molar refractivity (Wildman–Crippen MR) is 103 cm³/mol. The highest BCUT2D eigenvalue weighted by Gasteiger charge is 2.08. The fourth-order valence-electron chi connectivity index (χ4n) is 0.840. The minimum Gasteiger partial charge on any atom is -0.397 e. The number of amides is 1. The molecule has 0 radical (unpaired) electrons. The second-order valence-corrected chi connectivity index (χ2v) is 4.38. The fourth-order valence-corrected chi connectivity index (χ4v) is 0.840. The van der Waals surface area contributed by atoms with Crippen LogP contribution in [0.3, 0.4) is 0 Å². The monoisotopic (exact) mass is 368 g/mol. The third-order valence-electron chi connectivity index (χ3n) is 2.13. The van der Waals surface area contributed by atoms with Crippen LogP contribution in [0.15, 0.2) is 0 Å². The molecular weight excluding hydrogens is 336 g/mol. The Morgan fingerprint density at radius 3 is 1.58 bits per heavy atom. The molecule has 0 aromatic heterocycles. The van der Waals surface area contributed by atoms with Crippen LogP contribution < -0.4 is 11.1 Å². The van der Waals surface area contributed by atoms with Gasteiger partial charge in [-0.15, -0.1) is 24.7 Å². The van der Waals surface area contributed by atoms with Gasteiger partial charge in [0, 0.05) is 52.3 Å². The Balaban J connectivity index is -0.000000139. The Labute approximate surface area is 157 Å². The summed E-state index contributed by atoms with van der Waals surface area (Å²) in [6.07, 6.45) is 11.5. The molecule has 7 heteroatoms. The van der Waals surface area contributed by atoms with Crippen molar-refractivity contribution in [3.63, 3.8) is 0 Å². The number of carbonyl (C=O) groups excluding carboxylic acids is 4. The number of aliphatic hydroxyl groups excluding tert-OH is 1. The number of nitrogens with one attached hydrogen (secondary N) is 1. The Morgan fingerprint density at radius 1 is 0.962 bits per heavy atom. The lowest BCUT2D eigenvalue weighted by Gasteiger charge is -1.98. The first-order valence-electron chi connectivity index (χ1n) is 8.26. The maximum Gasteiger partial charge on any atom is 0.287 e. The molecule has 0 aliphatic rings. The molecule has 0 bridgehead atoms. The molecule has 26 heavy (non-hydrogen) atoms. The number of hydrogen-bond acceptors (Lipinski definition) is 6. The first-order chi connectivity index (χ1) is 12.2. The number of ketones is 3. The average Bonchev–Trinajstić information content (AvgIpc) is 2.62. The summed E-state index contributed by atoms with van der Waals surface area (Å²) < 4.78 is 0. The van der Waals surface area contributed by atoms with Crippen LogP contribution in [0, 0.1) is 24.7 Å². The fraction of sp³-hybridized carbons (Fsp3) is 0.579. The number of Topliss-reactive ketones (excluding diaryl/α,β-unsaturated/α-hetero) is 3. The molecular formula is C19H32N2O5. The van der Waals surface area contributed by atoms with Crippen LogP contribution in [0.4, 0.5) is 0 Å². The number of rotatable bonds is 7. The van der Waals surface area contributed by atoms with Gasteiger partial charge in [-0.3, -0.25) is 19.2 Å². The van der Waals surface area contributed by atoms with Crippen LogP contribution >= 0.6 is 0 Å². The number of nitrogens with two attached hydrogens (primary N) is 1. The molecule has 4 N–H and O–H groups in total. The first-order valence-corrected chi connectivity index (χ1v) is 8.26. The number of carbonyl (C=O) groups is 4. The van der Waals surface area contributed by atoms with Crippen molar-refractivity contribution in [1.82, 2.24) is 5.32 Å². The van der Waals surface area contributed by atoms with Crippen molar-refractivity contribution in [3.05, 3.63) is 0 Å². The molecule has 0 atom stereocenters. The number of terminal acetylenes is 2. The van der Waals surface area contributed by atoms with Gasteiger partial charge in [-0.25, -0.2) is 0 Å². The second-order valence-electron chi connectivity index (χ2n) is 4.38. The van der Waals surface area contributed by atoms with Gasteiger partial charge >= 0.3 is 0 Å². The molecule has 0 spiro atoms. The van der Waals surface area contributed by atoms with Gasteiger partial charge in [0.1, 0.15) is 0 Å². The molecule has 0 aromatic rings. The van der Waals surface area contributed by atoms with E-state index in [0.717, 1.165) is 0 Å². The highest BCUT2D eigenvalue weighted by atomic mass is 16.2. The molecule has 0 saturated heterocycles. The molecule has 1 amide bonds. The summed E-state index contributed by atoms with van der Waals surface area (Å²) in [5.74, 6) is 3.17. The molecule has 0 fully saturated rings. The van der Waals surface area contributed by atoms with Crippen LogP contribution in [0.1, 0.15) is 53.4 Å². The Hall–Kier alpha value is -2.48. The molecule has 0 aliphatic heterocycles. The van der Waals surface area contributed by atoms with Gasteiger partial charge in [0.15, 0.2) is 11.6 Å². The zero-order chi connectivity index (χ0) is 21.4. The highest BCUT2D eigenvalue weighted by Crippen LogP contribution is 1.80. The summed E-state index contributed by atoms with van der Waals surface area (Å²) in [4.78, 5) is 41.5. The summed E-state index contributed by atoms with van der Waals surface area (Å²) in [6, 6.07) is 0. The summed E-state index contributed by atoms with van der Waals surface area (Å²) in [7, 11) is 0. The van der Waals surface area contributed by atoms with Crippen molar-refractivity contribution in [2.45, 2.75) is 53.4 Å². The van der Waals surface area contributed by atoms with E-state index in [-0.39, 0.29) is 24.6 Å². The van der Waals surface area contributed by atoms with Crippen LogP contribution in [0.25, 0.3) is 0 Å². The number of hydrogen-bond donors (Lipinski definition) is 3. The van der Waals surface area contributed by atoms with Gasteiger partial charge in [0.05, 0.1) is 0 Å². The lowest BCUT2D eigenvalue weighted by molar-refractivity contribution is -0.137. The van der Waals surface area contributed by atoms with E-state index in [4.69, 9.17) is 23.7 Å². The number of aliphatic hydroxyl groups is 1. The van der Waals surface area contributed by atoms with Gasteiger partial charge in [0.2, 0.25) is 5.78 Å². The van der Waals surface area contributed by atoms with Crippen molar-refractivity contribution in [1.29, 1.82) is 0 Å². The van der Waals surface area contributed by atoms with Gasteiger partial charge in [0.25, 0.3) is 5.91 Å². The predicted octanol–water partition coefficient (Wildman–Crippen LogP) is 0.626. The minimum absolute atomic E-state index is 0.238. The molecule has 0 unspecified atom stereocenters. The summed E-state index contributed by atoms with van der Waals surface area (Å²) in [6.45, 7) is 7.51. The van der Waals surface area contributed by atoms with E-state index in [9.17, 15) is 19.2 Å². The van der Waals surface area contributed by atoms with Crippen LogP contribution in [-0.4, -0.2) is 48.1 Å². The summed E-state index contributed by atoms with van der Waals surface area (Å²) in [5, 5.41) is 9.97. The van der Waals surface area contributed by atoms with Crippen molar-refractivity contribution >= 4 is 23.3 Å². The van der Waals surface area contributed by atoms with E-state index in [2.05, 4.69) is 17.2 Å². The smallest absolute Gasteiger partial charge is 0.287 e. The Morgan fingerprint density at radius 2 is 1.38 bits per heavy atom. The van der Waals surface area contributed by atoms with Gasteiger partial charge < -0.3 is 16.2 Å². The van der Waals surface area contributed by atoms with E-state index in [1.165, 1.54) is 6.92 Å². The van der Waals surface area contributed by atoms with Crippen molar-refractivity contribution in [2.24, 2.45) is 5.73 Å². The van der Waals surface area contributed by atoms with E-state index < -0.39 is 11.7 Å². The normalized spacial score (nSPS) is 7.69. The van der Waals surface area contributed by atoms with Crippen molar-refractivity contribution in [2.75, 3.05) is 19.7 Å². The van der Waals surface area contributed by atoms with E-state index >= 15 is 0 Å². The summed E-state index contributed by atoms with van der Waals surface area (Å²) in [5.41, 5.74) is 5.00. The van der Waals surface area contributed by atoms with Crippen LogP contribution in [0.2, 0.25) is 0 Å². The van der Waals surface area contributed by atoms with E-state index in [0.29, 0.717) is 32.4 Å². The minimum atomic E-state index is -0.539. The van der Waals surface area contributed by atoms with Crippen LogP contribution in [-0.2, 0) is 19.2 Å². The molecule has 0 aliphatic carbocycles. The highest BCUT2D eigenvalue weighted by molar-refractivity contribution is 6.36. The SMILES string of the molecule is C#CCCN.C#CCCNC(=O)C(=O)CC.CCC(=O)C(C)=O.CCO. The molecule has 0 aromatic carbocycles. The molecule has 0 heterocycles. The maximum absolute atomic E-state index is 10.7. The standard InChI is InChI=1S/C8H11NO2.C5H8O2.C4H7N.C2H6O/c1-3-5-6-9-8(11)7(10)4-2;1-3-5(7)4(2)6;1-2-3-4-5;1-2-3/h1H,4-6H2,2H3,(H,9,11);3H2,1-2H3;1H,3-5H2;3H,2H2,1H3. The van der Waals surface area contributed by atoms with Crippen molar-refractivity contribution < 1.29 is 24.3 Å². The zero-order valence-electron chi connectivity index (χ0n) is 16.3. The van der Waals surface area contributed by atoms with Crippen molar-refractivity contribution in [3.8, 4) is 24.7 Å². The largest absolute Gasteiger partial charge is 0.397 e. The third-order valence-corrected chi connectivity index (χ3v) is 2.13. The third kappa shape index (κ3) is 33.2. The first kappa shape index (κ1) is 31.3. The molecule has 0 saturated carbocycles. The molecule has 148 valence electrons.